The minimum absolute atomic E-state index is 0.0359. The molecular weight excluding hydrogens is 574 g/mol. The van der Waals surface area contributed by atoms with Gasteiger partial charge < -0.3 is 46.4 Å². The maximum atomic E-state index is 12.9. The Kier molecular flexibility index (Phi) is 8.92. The summed E-state index contributed by atoms with van der Waals surface area (Å²) in [5, 5.41) is 10.6. The molecule has 0 aliphatic heterocycles. The SMILES string of the molecule is C=C(Br)C(=O)Nc1cn(C)c(C(=O)Nc2cc(C(=O)Nc3cc(C(=O)NCCN=C(N)N)n(C)c3)n(C)c2)n1. The third-order valence-electron chi connectivity index (χ3n) is 5.25. The molecule has 0 saturated carbocycles. The van der Waals surface area contributed by atoms with Crippen LogP contribution in [-0.2, 0) is 25.9 Å². The number of rotatable bonds is 10. The van der Waals surface area contributed by atoms with Gasteiger partial charge in [-0.3, -0.25) is 24.2 Å². The molecule has 0 unspecified atom stereocenters. The van der Waals surface area contributed by atoms with Crippen molar-refractivity contribution in [1.29, 1.82) is 0 Å². The van der Waals surface area contributed by atoms with Crippen molar-refractivity contribution in [2.75, 3.05) is 29.0 Å². The maximum Gasteiger partial charge on any atom is 0.291 e. The van der Waals surface area contributed by atoms with E-state index in [0.29, 0.717) is 17.1 Å². The van der Waals surface area contributed by atoms with Crippen LogP contribution in [-0.4, -0.2) is 61.4 Å². The zero-order valence-electron chi connectivity index (χ0n) is 21.4. The first-order valence-corrected chi connectivity index (χ1v) is 12.1. The molecule has 0 aromatic carbocycles. The fraction of sp³-hybridized carbons (Fsp3) is 0.217. The summed E-state index contributed by atoms with van der Waals surface area (Å²) >= 11 is 2.98. The first-order chi connectivity index (χ1) is 18.3. The molecule has 0 bridgehead atoms. The van der Waals surface area contributed by atoms with Crippen molar-refractivity contribution in [3.63, 3.8) is 0 Å². The van der Waals surface area contributed by atoms with Crippen LogP contribution in [0, 0.1) is 0 Å². The number of aryl methyl sites for hydroxylation is 3. The highest BCUT2D eigenvalue weighted by molar-refractivity contribution is 9.12. The van der Waals surface area contributed by atoms with E-state index in [0.717, 1.165) is 0 Å². The number of halogens is 1. The van der Waals surface area contributed by atoms with Crippen molar-refractivity contribution in [1.82, 2.24) is 24.0 Å². The number of hydrogen-bond acceptors (Lipinski definition) is 6. The predicted octanol–water partition coefficient (Wildman–Crippen LogP) is 0.452. The van der Waals surface area contributed by atoms with E-state index >= 15 is 0 Å². The first-order valence-electron chi connectivity index (χ1n) is 11.3. The van der Waals surface area contributed by atoms with Crippen molar-refractivity contribution in [2.45, 2.75) is 0 Å². The number of carbonyl (C=O) groups is 4. The molecule has 39 heavy (non-hydrogen) atoms. The van der Waals surface area contributed by atoms with Crippen molar-refractivity contribution in [3.05, 3.63) is 59.0 Å². The molecule has 8 N–H and O–H groups in total. The van der Waals surface area contributed by atoms with Crippen molar-refractivity contribution in [2.24, 2.45) is 37.6 Å². The lowest BCUT2D eigenvalue weighted by Crippen LogP contribution is -2.29. The molecule has 0 fully saturated rings. The normalized spacial score (nSPS) is 10.5. The zero-order chi connectivity index (χ0) is 28.9. The van der Waals surface area contributed by atoms with E-state index in [1.54, 1.807) is 38.1 Å². The summed E-state index contributed by atoms with van der Waals surface area (Å²) in [5.74, 6) is -1.72. The molecule has 0 aliphatic rings. The minimum Gasteiger partial charge on any atom is -0.370 e. The Hall–Kier alpha value is -4.86. The molecule has 3 aromatic heterocycles. The standard InChI is InChI=1S/C23H28BrN11O4/c1-12(24)19(36)32-17-11-35(4)18(31-17)22(39)30-14-8-16(34(3)10-14)21(38)29-13-7-15(33(2)9-13)20(37)27-5-6-28-23(25)26/h7-11H,1,5-6H2,2-4H3,(H,27,37)(H,29,38)(H,30,39)(H,32,36)(H4,25,26,28). The summed E-state index contributed by atoms with van der Waals surface area (Å²) < 4.78 is 4.67. The molecule has 0 atom stereocenters. The number of anilines is 3. The fourth-order valence-corrected chi connectivity index (χ4v) is 3.57. The van der Waals surface area contributed by atoms with Gasteiger partial charge in [-0.05, 0) is 28.1 Å². The minimum atomic E-state index is -0.549. The van der Waals surface area contributed by atoms with Gasteiger partial charge >= 0.3 is 0 Å². The van der Waals surface area contributed by atoms with E-state index < -0.39 is 17.7 Å². The van der Waals surface area contributed by atoms with E-state index in [1.807, 2.05) is 0 Å². The molecule has 0 spiro atoms. The van der Waals surface area contributed by atoms with Gasteiger partial charge in [-0.2, -0.15) is 0 Å². The number of aromatic nitrogens is 4. The Bertz CT molecular complexity index is 1480. The van der Waals surface area contributed by atoms with Crippen LogP contribution >= 0.6 is 15.9 Å². The number of aliphatic imine (C=N–C) groups is 1. The Morgan fingerprint density at radius 1 is 0.897 bits per heavy atom. The molecule has 0 saturated heterocycles. The van der Waals surface area contributed by atoms with Gasteiger partial charge in [0.15, 0.2) is 11.8 Å². The van der Waals surface area contributed by atoms with Gasteiger partial charge in [-0.25, -0.2) is 4.98 Å². The molecule has 0 radical (unpaired) electrons. The third kappa shape index (κ3) is 7.35. The van der Waals surface area contributed by atoms with Crippen LogP contribution in [0.5, 0.6) is 0 Å². The van der Waals surface area contributed by atoms with Gasteiger partial charge in [0.05, 0.1) is 22.4 Å². The summed E-state index contributed by atoms with van der Waals surface area (Å²) in [4.78, 5) is 57.8. The largest absolute Gasteiger partial charge is 0.370 e. The van der Waals surface area contributed by atoms with Crippen molar-refractivity contribution >= 4 is 62.7 Å². The number of imidazole rings is 1. The highest BCUT2D eigenvalue weighted by Gasteiger charge is 2.19. The summed E-state index contributed by atoms with van der Waals surface area (Å²) in [7, 11) is 4.91. The second-order valence-corrected chi connectivity index (χ2v) is 9.30. The van der Waals surface area contributed by atoms with E-state index in [4.69, 9.17) is 11.5 Å². The number of amides is 4. The van der Waals surface area contributed by atoms with Crippen LogP contribution in [0.4, 0.5) is 17.2 Å². The maximum absolute atomic E-state index is 12.9. The highest BCUT2D eigenvalue weighted by Crippen LogP contribution is 2.19. The van der Waals surface area contributed by atoms with Gasteiger partial charge in [0.25, 0.3) is 23.6 Å². The molecule has 206 valence electrons. The van der Waals surface area contributed by atoms with E-state index in [2.05, 4.69) is 53.8 Å². The number of nitrogens with two attached hydrogens (primary N) is 2. The quantitative estimate of drug-likeness (QED) is 0.0835. The van der Waals surface area contributed by atoms with E-state index in [1.165, 1.54) is 27.5 Å². The third-order valence-corrected chi connectivity index (χ3v) is 5.61. The molecule has 0 aliphatic carbocycles. The van der Waals surface area contributed by atoms with E-state index in [9.17, 15) is 19.2 Å². The Labute approximate surface area is 231 Å². The smallest absolute Gasteiger partial charge is 0.291 e. The number of hydrogen-bond donors (Lipinski definition) is 6. The molecule has 3 rings (SSSR count). The monoisotopic (exact) mass is 601 g/mol. The molecule has 15 nitrogen and oxygen atoms in total. The summed E-state index contributed by atoms with van der Waals surface area (Å²) in [6.45, 7) is 3.95. The van der Waals surface area contributed by atoms with Gasteiger partial charge in [0.2, 0.25) is 5.82 Å². The second kappa shape index (κ2) is 12.1. The zero-order valence-corrected chi connectivity index (χ0v) is 23.0. The van der Waals surface area contributed by atoms with Gasteiger partial charge in [-0.1, -0.05) is 6.58 Å². The molecule has 3 aromatic rings. The number of guanidine groups is 1. The van der Waals surface area contributed by atoms with Gasteiger partial charge in [0, 0.05) is 46.3 Å². The number of nitrogens with one attached hydrogen (secondary N) is 4. The van der Waals surface area contributed by atoms with Crippen LogP contribution in [0.1, 0.15) is 31.6 Å². The lowest BCUT2D eigenvalue weighted by atomic mass is 10.3. The van der Waals surface area contributed by atoms with Crippen LogP contribution in [0.15, 0.2) is 46.8 Å². The van der Waals surface area contributed by atoms with Crippen molar-refractivity contribution < 1.29 is 19.2 Å². The number of carbonyl (C=O) groups excluding carboxylic acids is 4. The Morgan fingerprint density at radius 2 is 1.46 bits per heavy atom. The lowest BCUT2D eigenvalue weighted by molar-refractivity contribution is -0.112. The second-order valence-electron chi connectivity index (χ2n) is 8.34. The Balaban J connectivity index is 1.65. The van der Waals surface area contributed by atoms with Crippen LogP contribution in [0.25, 0.3) is 0 Å². The van der Waals surface area contributed by atoms with Crippen molar-refractivity contribution in [3.8, 4) is 0 Å². The van der Waals surface area contributed by atoms with Crippen LogP contribution in [0.2, 0.25) is 0 Å². The Morgan fingerprint density at radius 3 is 2.03 bits per heavy atom. The topological polar surface area (TPSA) is 208 Å². The summed E-state index contributed by atoms with van der Waals surface area (Å²) in [6, 6.07) is 3.02. The highest BCUT2D eigenvalue weighted by atomic mass is 79.9. The van der Waals surface area contributed by atoms with E-state index in [-0.39, 0.29) is 46.8 Å². The average molecular weight is 602 g/mol. The summed E-state index contributed by atoms with van der Waals surface area (Å²) in [6.07, 6.45) is 4.63. The van der Waals surface area contributed by atoms with Crippen LogP contribution < -0.4 is 32.7 Å². The molecule has 16 heteroatoms. The molecule has 4 amide bonds. The van der Waals surface area contributed by atoms with Gasteiger partial charge in [0.1, 0.15) is 11.4 Å². The predicted molar refractivity (Wildman–Crippen MR) is 150 cm³/mol. The summed E-state index contributed by atoms with van der Waals surface area (Å²) in [5.41, 5.74) is 11.8. The number of nitrogens with zero attached hydrogens (tertiary/aromatic N) is 5. The first kappa shape index (κ1) is 28.7. The lowest BCUT2D eigenvalue weighted by Gasteiger charge is -2.04. The average Bonchev–Trinajstić information content (AvgIpc) is 3.52. The van der Waals surface area contributed by atoms with Gasteiger partial charge in [-0.15, -0.1) is 0 Å². The molecular formula is C23H28BrN11O4. The molecule has 3 heterocycles. The fourth-order valence-electron chi connectivity index (χ4n) is 3.47. The van der Waals surface area contributed by atoms with Crippen LogP contribution in [0.3, 0.4) is 0 Å².